The summed E-state index contributed by atoms with van der Waals surface area (Å²) >= 11 is 0. The van der Waals surface area contributed by atoms with Crippen LogP contribution in [-0.2, 0) is 4.79 Å². The molecule has 3 N–H and O–H groups in total. The van der Waals surface area contributed by atoms with E-state index in [2.05, 4.69) is 11.4 Å². The Hall–Kier alpha value is -3.46. The first kappa shape index (κ1) is 19.3. The van der Waals surface area contributed by atoms with Crippen molar-refractivity contribution in [2.75, 3.05) is 19.0 Å². The molecule has 0 bridgehead atoms. The van der Waals surface area contributed by atoms with E-state index in [0.29, 0.717) is 34.9 Å². The number of primary amides is 1. The monoisotopic (exact) mass is 377 g/mol. The van der Waals surface area contributed by atoms with Crippen LogP contribution in [0.5, 0.6) is 11.5 Å². The van der Waals surface area contributed by atoms with Gasteiger partial charge in [0.2, 0.25) is 5.91 Å². The molecule has 3 rings (SSSR count). The Morgan fingerprint density at radius 3 is 2.61 bits per heavy atom. The van der Waals surface area contributed by atoms with E-state index in [4.69, 9.17) is 15.2 Å². The number of allylic oxidation sites excluding steroid dienone is 1. The summed E-state index contributed by atoms with van der Waals surface area (Å²) < 4.78 is 11.4. The number of fused-ring (bicyclic) bond motifs is 1. The highest BCUT2D eigenvalue weighted by molar-refractivity contribution is 5.98. The van der Waals surface area contributed by atoms with Crippen LogP contribution in [0.2, 0.25) is 0 Å². The number of amides is 1. The predicted molar refractivity (Wildman–Crippen MR) is 107 cm³/mol. The van der Waals surface area contributed by atoms with Gasteiger partial charge in [-0.2, -0.15) is 5.26 Å². The molecule has 1 heterocycles. The van der Waals surface area contributed by atoms with E-state index >= 15 is 0 Å². The molecule has 0 aliphatic carbocycles. The number of rotatable bonds is 5. The molecule has 1 amide bonds. The Kier molecular flexibility index (Phi) is 5.27. The second-order valence-corrected chi connectivity index (χ2v) is 6.63. The maximum atomic E-state index is 12.4. The lowest BCUT2D eigenvalue weighted by Crippen LogP contribution is -2.28. The van der Waals surface area contributed by atoms with Gasteiger partial charge in [-0.05, 0) is 44.5 Å². The summed E-state index contributed by atoms with van der Waals surface area (Å²) in [5.41, 5.74) is 10.9. The van der Waals surface area contributed by atoms with E-state index in [-0.39, 0.29) is 0 Å². The van der Waals surface area contributed by atoms with Gasteiger partial charge in [0.25, 0.3) is 0 Å². The number of ether oxygens (including phenoxy) is 2. The zero-order valence-corrected chi connectivity index (χ0v) is 16.4. The molecule has 0 saturated carbocycles. The quantitative estimate of drug-likeness (QED) is 0.830. The summed E-state index contributed by atoms with van der Waals surface area (Å²) in [4.78, 5) is 12.4. The second-order valence-electron chi connectivity index (χ2n) is 6.63. The average Bonchev–Trinajstić information content (AvgIpc) is 2.68. The van der Waals surface area contributed by atoms with Gasteiger partial charge in [-0.25, -0.2) is 0 Å². The van der Waals surface area contributed by atoms with Crippen LogP contribution in [0.3, 0.4) is 0 Å². The molecule has 0 radical (unpaired) electrons. The maximum Gasteiger partial charge on any atom is 0.247 e. The molecule has 0 spiro atoms. The molecule has 0 unspecified atom stereocenters. The van der Waals surface area contributed by atoms with Crippen molar-refractivity contribution in [3.05, 3.63) is 63.9 Å². The van der Waals surface area contributed by atoms with Crippen LogP contribution in [-0.4, -0.2) is 19.6 Å². The molecule has 1 atom stereocenters. The van der Waals surface area contributed by atoms with Crippen LogP contribution in [0.25, 0.3) is 0 Å². The van der Waals surface area contributed by atoms with Crippen LogP contribution in [0.1, 0.15) is 42.0 Å². The smallest absolute Gasteiger partial charge is 0.247 e. The minimum absolute atomic E-state index is 0.446. The Labute approximate surface area is 164 Å². The number of benzene rings is 2. The molecule has 1 aliphatic rings. The van der Waals surface area contributed by atoms with Gasteiger partial charge in [0.15, 0.2) is 0 Å². The van der Waals surface area contributed by atoms with Crippen molar-refractivity contribution in [1.82, 2.24) is 0 Å². The molecule has 1 aliphatic heterocycles. The number of hydrogen-bond acceptors (Lipinski definition) is 5. The van der Waals surface area contributed by atoms with Crippen LogP contribution >= 0.6 is 0 Å². The number of methoxy groups -OCH3 is 1. The van der Waals surface area contributed by atoms with Crippen LogP contribution < -0.4 is 20.5 Å². The number of carbonyl (C=O) groups is 1. The lowest BCUT2D eigenvalue weighted by molar-refractivity contribution is -0.114. The summed E-state index contributed by atoms with van der Waals surface area (Å²) in [5.74, 6) is 0.208. The molecule has 0 saturated heterocycles. The molecule has 2 aromatic carbocycles. The number of hydrogen-bond donors (Lipinski definition) is 2. The fourth-order valence-electron chi connectivity index (χ4n) is 3.72. The van der Waals surface area contributed by atoms with Gasteiger partial charge in [0.1, 0.15) is 11.5 Å². The minimum Gasteiger partial charge on any atom is -0.496 e. The van der Waals surface area contributed by atoms with Gasteiger partial charge in [-0.1, -0.05) is 12.1 Å². The van der Waals surface area contributed by atoms with Crippen molar-refractivity contribution >= 4 is 11.6 Å². The van der Waals surface area contributed by atoms with E-state index in [1.54, 1.807) is 19.2 Å². The highest BCUT2D eigenvalue weighted by atomic mass is 16.5. The fourth-order valence-corrected chi connectivity index (χ4v) is 3.72. The topological polar surface area (TPSA) is 97.4 Å². The molecule has 144 valence electrons. The first-order chi connectivity index (χ1) is 13.4. The molecule has 28 heavy (non-hydrogen) atoms. The van der Waals surface area contributed by atoms with Crippen molar-refractivity contribution in [3.63, 3.8) is 0 Å². The lowest BCUT2D eigenvalue weighted by atomic mass is 9.78. The van der Waals surface area contributed by atoms with Crippen LogP contribution in [0.15, 0.2) is 41.6 Å². The number of nitrogens with one attached hydrogen (secondary N) is 1. The third-order valence-electron chi connectivity index (χ3n) is 4.95. The standard InChI is InChI=1S/C22H23N3O3/c1-5-28-16-9-6-12(2)21-20(16)19(18(22(24)26)13(3)25-21)15-8-7-14(11-23)10-17(15)27-4/h6-10,19,25H,5H2,1-4H3,(H2,24,26)/t19-/m1/s1. The number of nitrogens with two attached hydrogens (primary N) is 1. The number of aryl methyl sites for hydroxylation is 1. The number of nitrogens with zero attached hydrogens (tertiary/aromatic N) is 1. The summed E-state index contributed by atoms with van der Waals surface area (Å²) in [5, 5.41) is 12.6. The first-order valence-corrected chi connectivity index (χ1v) is 9.04. The van der Waals surface area contributed by atoms with E-state index in [1.165, 1.54) is 0 Å². The molecule has 6 heteroatoms. The molecule has 0 fully saturated rings. The Bertz CT molecular complexity index is 1020. The summed E-state index contributed by atoms with van der Waals surface area (Å²) in [6, 6.07) is 11.2. The van der Waals surface area contributed by atoms with Gasteiger partial charge >= 0.3 is 0 Å². The van der Waals surface area contributed by atoms with Crippen molar-refractivity contribution < 1.29 is 14.3 Å². The molecule has 2 aromatic rings. The zero-order valence-electron chi connectivity index (χ0n) is 16.4. The number of anilines is 1. The van der Waals surface area contributed by atoms with Crippen molar-refractivity contribution in [3.8, 4) is 17.6 Å². The largest absolute Gasteiger partial charge is 0.496 e. The average molecular weight is 377 g/mol. The summed E-state index contributed by atoms with van der Waals surface area (Å²) in [6.45, 7) is 6.23. The normalized spacial score (nSPS) is 15.3. The van der Waals surface area contributed by atoms with Gasteiger partial charge in [0, 0.05) is 28.1 Å². The molecular formula is C22H23N3O3. The third-order valence-corrected chi connectivity index (χ3v) is 4.95. The summed E-state index contributed by atoms with van der Waals surface area (Å²) in [7, 11) is 1.54. The fraction of sp³-hybridized carbons (Fsp3) is 0.273. The van der Waals surface area contributed by atoms with Crippen molar-refractivity contribution in [2.24, 2.45) is 5.73 Å². The molecule has 6 nitrogen and oxygen atoms in total. The SMILES string of the molecule is CCOc1ccc(C)c2c1[C@H](c1ccc(C#N)cc1OC)C(C(N)=O)=C(C)N2. The Morgan fingerprint density at radius 2 is 2.00 bits per heavy atom. The molecule has 0 aromatic heterocycles. The number of nitriles is 1. The van der Waals surface area contributed by atoms with Crippen LogP contribution in [0.4, 0.5) is 5.69 Å². The minimum atomic E-state index is -0.518. The highest BCUT2D eigenvalue weighted by Gasteiger charge is 2.36. The van der Waals surface area contributed by atoms with Crippen LogP contribution in [0, 0.1) is 18.3 Å². The summed E-state index contributed by atoms with van der Waals surface area (Å²) in [6.07, 6.45) is 0. The second kappa shape index (κ2) is 7.65. The predicted octanol–water partition coefficient (Wildman–Crippen LogP) is 3.59. The van der Waals surface area contributed by atoms with Gasteiger partial charge in [-0.3, -0.25) is 4.79 Å². The third kappa shape index (κ3) is 3.16. The van der Waals surface area contributed by atoms with E-state index in [9.17, 15) is 10.1 Å². The van der Waals surface area contributed by atoms with E-state index < -0.39 is 11.8 Å². The zero-order chi connectivity index (χ0) is 20.4. The van der Waals surface area contributed by atoms with Gasteiger partial charge < -0.3 is 20.5 Å². The first-order valence-electron chi connectivity index (χ1n) is 9.04. The maximum absolute atomic E-state index is 12.4. The van der Waals surface area contributed by atoms with Crippen molar-refractivity contribution in [2.45, 2.75) is 26.7 Å². The van der Waals surface area contributed by atoms with E-state index in [0.717, 1.165) is 22.4 Å². The Morgan fingerprint density at radius 1 is 1.25 bits per heavy atom. The molecular weight excluding hydrogens is 354 g/mol. The van der Waals surface area contributed by atoms with Crippen molar-refractivity contribution in [1.29, 1.82) is 5.26 Å². The lowest BCUT2D eigenvalue weighted by Gasteiger charge is -2.33. The Balaban J connectivity index is 2.37. The van der Waals surface area contributed by atoms with E-state index in [1.807, 2.05) is 39.0 Å². The van der Waals surface area contributed by atoms with Gasteiger partial charge in [0.05, 0.1) is 31.3 Å². The van der Waals surface area contributed by atoms with Gasteiger partial charge in [-0.15, -0.1) is 0 Å². The number of carbonyl (C=O) groups excluding carboxylic acids is 1. The highest BCUT2D eigenvalue weighted by Crippen LogP contribution is 2.49.